The van der Waals surface area contributed by atoms with Gasteiger partial charge in [-0.25, -0.2) is 5.43 Å². The predicted molar refractivity (Wildman–Crippen MR) is 106 cm³/mol. The fourth-order valence-electron chi connectivity index (χ4n) is 3.04. The van der Waals surface area contributed by atoms with Crippen LogP contribution in [0.25, 0.3) is 0 Å². The number of halogens is 1. The zero-order valence-electron chi connectivity index (χ0n) is 14.3. The molecule has 1 aliphatic heterocycles. The van der Waals surface area contributed by atoms with Crippen molar-refractivity contribution in [1.29, 1.82) is 0 Å². The van der Waals surface area contributed by atoms with Crippen LogP contribution in [-0.4, -0.2) is 24.7 Å². The maximum Gasteiger partial charge on any atom is 0.241 e. The maximum atomic E-state index is 12.1. The number of carbonyl (C=O) groups excluding carboxylic acids is 1. The van der Waals surface area contributed by atoms with Crippen LogP contribution in [0, 0.1) is 0 Å². The number of nitrogens with one attached hydrogen (secondary N) is 1. The van der Waals surface area contributed by atoms with Gasteiger partial charge >= 0.3 is 0 Å². The van der Waals surface area contributed by atoms with Crippen molar-refractivity contribution in [2.75, 3.05) is 18.0 Å². The van der Waals surface area contributed by atoms with E-state index in [0.717, 1.165) is 41.7 Å². The van der Waals surface area contributed by atoms with Gasteiger partial charge in [0.2, 0.25) is 5.91 Å². The minimum atomic E-state index is -0.0560. The average Bonchev–Trinajstić information content (AvgIpc) is 2.65. The predicted octanol–water partition coefficient (Wildman–Crippen LogP) is 4.13. The summed E-state index contributed by atoms with van der Waals surface area (Å²) in [5.74, 6) is -0.0560. The Hall–Kier alpha value is -2.14. The van der Waals surface area contributed by atoms with Crippen LogP contribution in [0.5, 0.6) is 0 Å². The smallest absolute Gasteiger partial charge is 0.241 e. The number of nitrogens with zero attached hydrogens (tertiary/aromatic N) is 2. The minimum absolute atomic E-state index is 0.0560. The summed E-state index contributed by atoms with van der Waals surface area (Å²) < 4.78 is 1.02. The third kappa shape index (κ3) is 4.69. The van der Waals surface area contributed by atoms with E-state index in [9.17, 15) is 4.79 Å². The lowest BCUT2D eigenvalue weighted by Gasteiger charge is -2.31. The van der Waals surface area contributed by atoms with Crippen LogP contribution in [0.2, 0.25) is 0 Å². The van der Waals surface area contributed by atoms with Crippen molar-refractivity contribution in [3.8, 4) is 0 Å². The molecule has 25 heavy (non-hydrogen) atoms. The fourth-order valence-corrected chi connectivity index (χ4v) is 3.30. The summed E-state index contributed by atoms with van der Waals surface area (Å²) >= 11 is 3.41. The lowest BCUT2D eigenvalue weighted by molar-refractivity contribution is -0.120. The van der Waals surface area contributed by atoms with E-state index >= 15 is 0 Å². The summed E-state index contributed by atoms with van der Waals surface area (Å²) in [7, 11) is 0. The number of hydrazone groups is 1. The first-order valence-electron chi connectivity index (χ1n) is 8.55. The Morgan fingerprint density at radius 2 is 1.96 bits per heavy atom. The maximum absolute atomic E-state index is 12.1. The topological polar surface area (TPSA) is 44.7 Å². The van der Waals surface area contributed by atoms with Gasteiger partial charge in [0.15, 0.2) is 0 Å². The van der Waals surface area contributed by atoms with Crippen LogP contribution in [0.4, 0.5) is 5.69 Å². The Labute approximate surface area is 157 Å². The SMILES string of the molecule is C/C(=N\NC(=O)CCN1CCCc2ccccc21)c1ccc(Br)cc1. The van der Waals surface area contributed by atoms with Crippen LogP contribution in [0.15, 0.2) is 58.1 Å². The molecule has 0 bridgehead atoms. The van der Waals surface area contributed by atoms with E-state index in [1.165, 1.54) is 11.3 Å². The molecule has 0 saturated carbocycles. The first kappa shape index (κ1) is 17.7. The molecule has 1 heterocycles. The van der Waals surface area contributed by atoms with Gasteiger partial charge in [0.25, 0.3) is 0 Å². The second-order valence-electron chi connectivity index (χ2n) is 6.21. The van der Waals surface area contributed by atoms with Gasteiger partial charge < -0.3 is 4.90 Å². The molecule has 1 N–H and O–H groups in total. The largest absolute Gasteiger partial charge is 0.371 e. The van der Waals surface area contributed by atoms with Gasteiger partial charge in [0.05, 0.1) is 5.71 Å². The van der Waals surface area contributed by atoms with E-state index in [4.69, 9.17) is 0 Å². The Morgan fingerprint density at radius 1 is 1.20 bits per heavy atom. The number of rotatable bonds is 5. The van der Waals surface area contributed by atoms with E-state index in [1.807, 2.05) is 31.2 Å². The number of amides is 1. The van der Waals surface area contributed by atoms with Gasteiger partial charge in [-0.05, 0) is 49.1 Å². The van der Waals surface area contributed by atoms with Crippen molar-refractivity contribution < 1.29 is 4.79 Å². The van der Waals surface area contributed by atoms with Gasteiger partial charge in [-0.2, -0.15) is 5.10 Å². The van der Waals surface area contributed by atoms with Crippen molar-refractivity contribution in [3.63, 3.8) is 0 Å². The molecule has 0 aromatic heterocycles. The Bertz CT molecular complexity index is 771. The molecule has 0 atom stereocenters. The van der Waals surface area contributed by atoms with E-state index in [-0.39, 0.29) is 5.91 Å². The highest BCUT2D eigenvalue weighted by molar-refractivity contribution is 9.10. The van der Waals surface area contributed by atoms with Crippen molar-refractivity contribution in [3.05, 3.63) is 64.1 Å². The molecule has 0 unspecified atom stereocenters. The molecule has 2 aromatic carbocycles. The second kappa shape index (κ2) is 8.30. The van der Waals surface area contributed by atoms with Gasteiger partial charge in [-0.3, -0.25) is 4.79 Å². The van der Waals surface area contributed by atoms with Crippen molar-refractivity contribution in [1.82, 2.24) is 5.43 Å². The van der Waals surface area contributed by atoms with Crippen molar-refractivity contribution >= 4 is 33.2 Å². The van der Waals surface area contributed by atoms with Crippen molar-refractivity contribution in [2.24, 2.45) is 5.10 Å². The second-order valence-corrected chi connectivity index (χ2v) is 7.12. The summed E-state index contributed by atoms with van der Waals surface area (Å²) in [6.45, 7) is 3.62. The summed E-state index contributed by atoms with van der Waals surface area (Å²) in [6.07, 6.45) is 2.69. The molecule has 0 saturated heterocycles. The molecule has 0 fully saturated rings. The summed E-state index contributed by atoms with van der Waals surface area (Å²) in [4.78, 5) is 14.4. The standard InChI is InChI=1S/C20H22BrN3O/c1-15(16-8-10-18(21)11-9-16)22-23-20(25)12-14-24-13-4-6-17-5-2-3-7-19(17)24/h2-3,5,7-11H,4,6,12-14H2,1H3,(H,23,25)/b22-15+. The van der Waals surface area contributed by atoms with Gasteiger partial charge in [0.1, 0.15) is 0 Å². The van der Waals surface area contributed by atoms with Crippen LogP contribution in [0.1, 0.15) is 30.9 Å². The number of hydrogen-bond acceptors (Lipinski definition) is 3. The molecular weight excluding hydrogens is 378 g/mol. The number of hydrogen-bond donors (Lipinski definition) is 1. The Balaban J connectivity index is 1.53. The molecule has 5 heteroatoms. The van der Waals surface area contributed by atoms with E-state index in [0.29, 0.717) is 6.42 Å². The first-order valence-corrected chi connectivity index (χ1v) is 9.35. The third-order valence-corrected chi connectivity index (χ3v) is 4.95. The van der Waals surface area contributed by atoms with Crippen LogP contribution in [0.3, 0.4) is 0 Å². The van der Waals surface area contributed by atoms with Crippen molar-refractivity contribution in [2.45, 2.75) is 26.2 Å². The summed E-state index contributed by atoms with van der Waals surface area (Å²) in [6, 6.07) is 16.3. The number of aryl methyl sites for hydroxylation is 1. The number of anilines is 1. The van der Waals surface area contributed by atoms with Gasteiger partial charge in [-0.15, -0.1) is 0 Å². The summed E-state index contributed by atoms with van der Waals surface area (Å²) in [5, 5.41) is 4.22. The van der Waals surface area contributed by atoms with Crippen LogP contribution in [-0.2, 0) is 11.2 Å². The average molecular weight is 400 g/mol. The highest BCUT2D eigenvalue weighted by Crippen LogP contribution is 2.26. The highest BCUT2D eigenvalue weighted by Gasteiger charge is 2.16. The quantitative estimate of drug-likeness (QED) is 0.606. The molecule has 3 rings (SSSR count). The number of fused-ring (bicyclic) bond motifs is 1. The normalized spacial score (nSPS) is 14.2. The summed E-state index contributed by atoms with van der Waals surface area (Å²) in [5.41, 5.74) is 7.09. The van der Waals surface area contributed by atoms with Gasteiger partial charge in [0, 0.05) is 29.7 Å². The zero-order valence-corrected chi connectivity index (χ0v) is 15.9. The molecule has 0 radical (unpaired) electrons. The molecule has 2 aromatic rings. The Kier molecular flexibility index (Phi) is 5.87. The lowest BCUT2D eigenvalue weighted by atomic mass is 10.0. The van der Waals surface area contributed by atoms with E-state index in [2.05, 4.69) is 55.6 Å². The first-order chi connectivity index (χ1) is 12.1. The molecular formula is C20H22BrN3O. The van der Waals surface area contributed by atoms with Crippen LogP contribution >= 0.6 is 15.9 Å². The lowest BCUT2D eigenvalue weighted by Crippen LogP contribution is -2.33. The number of carbonyl (C=O) groups is 1. The molecule has 1 amide bonds. The monoisotopic (exact) mass is 399 g/mol. The van der Waals surface area contributed by atoms with Crippen LogP contribution < -0.4 is 10.3 Å². The zero-order chi connectivity index (χ0) is 17.6. The number of para-hydroxylation sites is 1. The van der Waals surface area contributed by atoms with E-state index in [1.54, 1.807) is 0 Å². The highest BCUT2D eigenvalue weighted by atomic mass is 79.9. The fraction of sp³-hybridized carbons (Fsp3) is 0.300. The molecule has 130 valence electrons. The number of benzene rings is 2. The van der Waals surface area contributed by atoms with E-state index < -0.39 is 0 Å². The molecule has 1 aliphatic rings. The Morgan fingerprint density at radius 3 is 2.76 bits per heavy atom. The molecule has 4 nitrogen and oxygen atoms in total. The molecule has 0 aliphatic carbocycles. The third-order valence-electron chi connectivity index (χ3n) is 4.43. The minimum Gasteiger partial charge on any atom is -0.371 e. The molecule has 0 spiro atoms. The van der Waals surface area contributed by atoms with Gasteiger partial charge in [-0.1, -0.05) is 46.3 Å².